The van der Waals surface area contributed by atoms with Crippen molar-refractivity contribution in [1.82, 2.24) is 4.98 Å². The van der Waals surface area contributed by atoms with E-state index in [-0.39, 0.29) is 0 Å². The second kappa shape index (κ2) is 6.35. The number of allylic oxidation sites excluding steroid dienone is 1. The monoisotopic (exact) mass is 479 g/mol. The van der Waals surface area contributed by atoms with Crippen LogP contribution in [-0.4, -0.2) is 4.98 Å². The smallest absolute Gasteiger partial charge is 0.0471 e. The standard InChI is InChI=1S/C24H19Br2N/c1-13-9-20-15(5-3-7-22(20)25)17(13)11-18-14(2)10-21-19(18)12-23-16(24(21)26)6-4-8-27-23/h3-10,12,17,27H,11H2,1-2H3. The van der Waals surface area contributed by atoms with Gasteiger partial charge >= 0.3 is 0 Å². The summed E-state index contributed by atoms with van der Waals surface area (Å²) in [7, 11) is 0. The van der Waals surface area contributed by atoms with E-state index >= 15 is 0 Å². The molecule has 0 radical (unpaired) electrons. The average Bonchev–Trinajstić information content (AvgIpc) is 3.15. The summed E-state index contributed by atoms with van der Waals surface area (Å²) in [5.74, 6) is 0.441. The molecule has 0 saturated carbocycles. The van der Waals surface area contributed by atoms with Gasteiger partial charge in [0.2, 0.25) is 0 Å². The maximum atomic E-state index is 3.85. The second-order valence-electron chi connectivity index (χ2n) is 7.48. The summed E-state index contributed by atoms with van der Waals surface area (Å²) < 4.78 is 2.37. The van der Waals surface area contributed by atoms with Crippen LogP contribution in [0.15, 0.2) is 63.2 Å². The van der Waals surface area contributed by atoms with Crippen molar-refractivity contribution < 1.29 is 0 Å². The molecule has 3 aromatic carbocycles. The topological polar surface area (TPSA) is 15.8 Å². The Morgan fingerprint density at radius 2 is 1.81 bits per heavy atom. The van der Waals surface area contributed by atoms with Gasteiger partial charge in [0.15, 0.2) is 0 Å². The summed E-state index contributed by atoms with van der Waals surface area (Å²) in [5, 5.41) is 3.89. The van der Waals surface area contributed by atoms with Crippen LogP contribution in [0.2, 0.25) is 0 Å². The largest absolute Gasteiger partial charge is 0.361 e. The maximum Gasteiger partial charge on any atom is 0.0471 e. The second-order valence-corrected chi connectivity index (χ2v) is 9.12. The van der Waals surface area contributed by atoms with Crippen LogP contribution < -0.4 is 0 Å². The molecule has 1 nitrogen and oxygen atoms in total. The number of pyridine rings is 1. The molecule has 3 heteroatoms. The number of H-pyrrole nitrogens is 1. The molecule has 1 heterocycles. The fraction of sp³-hybridized carbons (Fsp3) is 0.167. The van der Waals surface area contributed by atoms with E-state index in [0.29, 0.717) is 5.92 Å². The van der Waals surface area contributed by atoms with Gasteiger partial charge in [-0.15, -0.1) is 0 Å². The van der Waals surface area contributed by atoms with E-state index in [1.54, 1.807) is 0 Å². The van der Waals surface area contributed by atoms with Crippen molar-refractivity contribution in [2.75, 3.05) is 0 Å². The van der Waals surface area contributed by atoms with E-state index in [0.717, 1.165) is 6.42 Å². The lowest BCUT2D eigenvalue weighted by molar-refractivity contribution is 0.806. The number of fused-ring (bicyclic) bond motifs is 3. The molecule has 1 aliphatic carbocycles. The lowest BCUT2D eigenvalue weighted by atomic mass is 9.88. The van der Waals surface area contributed by atoms with Crippen molar-refractivity contribution in [2.24, 2.45) is 0 Å². The normalized spacial score (nSPS) is 16.1. The summed E-state index contributed by atoms with van der Waals surface area (Å²) in [6, 6.07) is 15.4. The lowest BCUT2D eigenvalue weighted by Crippen LogP contribution is -2.02. The van der Waals surface area contributed by atoms with Crippen LogP contribution in [0.3, 0.4) is 0 Å². The highest BCUT2D eigenvalue weighted by molar-refractivity contribution is 9.11. The Morgan fingerprint density at radius 3 is 2.67 bits per heavy atom. The first-order valence-electron chi connectivity index (χ1n) is 9.19. The highest BCUT2D eigenvalue weighted by atomic mass is 79.9. The van der Waals surface area contributed by atoms with Gasteiger partial charge in [-0.1, -0.05) is 45.8 Å². The third-order valence-electron chi connectivity index (χ3n) is 5.89. The summed E-state index contributed by atoms with van der Waals surface area (Å²) in [6.45, 7) is 4.50. The first-order chi connectivity index (χ1) is 13.0. The van der Waals surface area contributed by atoms with E-state index in [1.165, 1.54) is 58.4 Å². The van der Waals surface area contributed by atoms with Gasteiger partial charge in [0.25, 0.3) is 0 Å². The lowest BCUT2D eigenvalue weighted by Gasteiger charge is -2.16. The Bertz CT molecular complexity index is 1250. The molecular weight excluding hydrogens is 462 g/mol. The molecule has 0 fully saturated rings. The van der Waals surface area contributed by atoms with Crippen LogP contribution in [0.5, 0.6) is 0 Å². The molecule has 0 aliphatic heterocycles. The highest BCUT2D eigenvalue weighted by Crippen LogP contribution is 2.44. The summed E-state index contributed by atoms with van der Waals surface area (Å²) in [6.07, 6.45) is 5.36. The molecule has 27 heavy (non-hydrogen) atoms. The van der Waals surface area contributed by atoms with Crippen molar-refractivity contribution in [2.45, 2.75) is 26.2 Å². The predicted octanol–water partition coefficient (Wildman–Crippen LogP) is 7.90. The molecule has 0 saturated heterocycles. The molecule has 1 unspecified atom stereocenters. The van der Waals surface area contributed by atoms with Gasteiger partial charge in [0.1, 0.15) is 0 Å². The van der Waals surface area contributed by atoms with Crippen LogP contribution >= 0.6 is 31.9 Å². The van der Waals surface area contributed by atoms with Gasteiger partial charge in [-0.2, -0.15) is 0 Å². The Labute approximate surface area is 175 Å². The zero-order valence-corrected chi connectivity index (χ0v) is 18.4. The zero-order valence-electron chi connectivity index (χ0n) is 15.2. The van der Waals surface area contributed by atoms with Gasteiger partial charge < -0.3 is 4.98 Å². The molecule has 0 amide bonds. The van der Waals surface area contributed by atoms with E-state index < -0.39 is 0 Å². The zero-order chi connectivity index (χ0) is 18.7. The Kier molecular flexibility index (Phi) is 4.06. The third kappa shape index (κ3) is 2.63. The number of halogens is 2. The molecule has 4 aromatic rings. The average molecular weight is 481 g/mol. The molecule has 0 bridgehead atoms. The fourth-order valence-electron chi connectivity index (χ4n) is 4.48. The van der Waals surface area contributed by atoms with Gasteiger partial charge in [-0.05, 0) is 93.5 Å². The SMILES string of the molecule is CC1=Cc2c(Br)cccc2C1Cc1c(C)cc2c(Br)c3ccc[nH]c3cc12. The minimum absolute atomic E-state index is 0.441. The number of rotatable bonds is 2. The fourth-order valence-corrected chi connectivity index (χ4v) is 5.65. The summed E-state index contributed by atoms with van der Waals surface area (Å²) >= 11 is 7.57. The molecule has 1 N–H and O–H groups in total. The van der Waals surface area contributed by atoms with Gasteiger partial charge in [0.05, 0.1) is 0 Å². The van der Waals surface area contributed by atoms with Gasteiger partial charge in [0, 0.05) is 32.0 Å². The quantitative estimate of drug-likeness (QED) is 0.300. The number of aromatic amines is 1. The highest BCUT2D eigenvalue weighted by Gasteiger charge is 2.26. The summed E-state index contributed by atoms with van der Waals surface area (Å²) in [4.78, 5) is 3.40. The van der Waals surface area contributed by atoms with E-state index in [4.69, 9.17) is 0 Å². The van der Waals surface area contributed by atoms with Crippen LogP contribution in [-0.2, 0) is 6.42 Å². The van der Waals surface area contributed by atoms with Crippen molar-refractivity contribution >= 4 is 59.6 Å². The third-order valence-corrected chi connectivity index (χ3v) is 7.44. The van der Waals surface area contributed by atoms with Crippen molar-refractivity contribution in [1.29, 1.82) is 0 Å². The Morgan fingerprint density at radius 1 is 0.963 bits per heavy atom. The van der Waals surface area contributed by atoms with Crippen molar-refractivity contribution in [3.8, 4) is 0 Å². The first kappa shape index (κ1) is 17.3. The van der Waals surface area contributed by atoms with Gasteiger partial charge in [-0.3, -0.25) is 0 Å². The number of hydrogen-bond acceptors (Lipinski definition) is 0. The number of aryl methyl sites for hydroxylation is 1. The molecule has 1 atom stereocenters. The first-order valence-corrected chi connectivity index (χ1v) is 10.8. The van der Waals surface area contributed by atoms with E-state index in [1.807, 2.05) is 6.20 Å². The van der Waals surface area contributed by atoms with E-state index in [9.17, 15) is 0 Å². The molecular formula is C24H19Br2N. The Hall–Kier alpha value is -1.84. The number of benzene rings is 2. The van der Waals surface area contributed by atoms with Gasteiger partial charge in [-0.25, -0.2) is 0 Å². The molecule has 5 rings (SSSR count). The number of hydrogen-bond donors (Lipinski definition) is 1. The minimum atomic E-state index is 0.441. The van der Waals surface area contributed by atoms with Crippen molar-refractivity contribution in [3.63, 3.8) is 0 Å². The van der Waals surface area contributed by atoms with Crippen LogP contribution in [0.25, 0.3) is 27.8 Å². The molecule has 1 aromatic heterocycles. The predicted molar refractivity (Wildman–Crippen MR) is 122 cm³/mol. The van der Waals surface area contributed by atoms with E-state index in [2.05, 4.69) is 99.2 Å². The number of aromatic nitrogens is 1. The molecule has 1 aliphatic rings. The summed E-state index contributed by atoms with van der Waals surface area (Å²) in [5.41, 5.74) is 8.21. The van der Waals surface area contributed by atoms with Crippen molar-refractivity contribution in [3.05, 3.63) is 85.4 Å². The van der Waals surface area contributed by atoms with Crippen LogP contribution in [0.1, 0.15) is 35.1 Å². The number of nitrogens with one attached hydrogen (secondary N) is 1. The van der Waals surface area contributed by atoms with Crippen LogP contribution in [0.4, 0.5) is 0 Å². The Balaban J connectivity index is 1.68. The van der Waals surface area contributed by atoms with Crippen LogP contribution in [0, 0.1) is 6.92 Å². The maximum absolute atomic E-state index is 3.85. The molecule has 134 valence electrons. The minimum Gasteiger partial charge on any atom is -0.361 e. The molecule has 0 spiro atoms.